The number of halogens is 1. The Balaban J connectivity index is 2.78. The molecule has 0 aliphatic heterocycles. The lowest BCUT2D eigenvalue weighted by atomic mass is 9.84. The maximum atomic E-state index is 12.0. The summed E-state index contributed by atoms with van der Waals surface area (Å²) in [6.07, 6.45) is 0. The summed E-state index contributed by atoms with van der Waals surface area (Å²) in [6, 6.07) is 9.74. The second-order valence-electron chi connectivity index (χ2n) is 4.19. The number of hydrogen-bond donors (Lipinski definition) is 1. The second-order valence-corrected chi connectivity index (χ2v) is 5.31. The SMILES string of the molecule is C=C(Br)CNC(=O)C(C)(C)c1ccccc1. The average molecular weight is 282 g/mol. The van der Waals surface area contributed by atoms with Crippen molar-refractivity contribution in [3.05, 3.63) is 47.0 Å². The van der Waals surface area contributed by atoms with Crippen LogP contribution in [0.15, 0.2) is 41.4 Å². The Morgan fingerprint density at radius 1 is 1.38 bits per heavy atom. The van der Waals surface area contributed by atoms with Crippen LogP contribution in [0.4, 0.5) is 0 Å². The Bertz CT molecular complexity index is 384. The van der Waals surface area contributed by atoms with Crippen LogP contribution in [0.3, 0.4) is 0 Å². The molecule has 2 nitrogen and oxygen atoms in total. The molecule has 0 aliphatic rings. The minimum atomic E-state index is -0.524. The lowest BCUT2D eigenvalue weighted by Gasteiger charge is -2.24. The van der Waals surface area contributed by atoms with Crippen LogP contribution in [0.2, 0.25) is 0 Å². The molecule has 1 amide bonds. The van der Waals surface area contributed by atoms with E-state index in [4.69, 9.17) is 0 Å². The van der Waals surface area contributed by atoms with E-state index in [-0.39, 0.29) is 5.91 Å². The molecule has 0 saturated heterocycles. The smallest absolute Gasteiger partial charge is 0.230 e. The molecule has 0 aromatic heterocycles. The van der Waals surface area contributed by atoms with Gasteiger partial charge >= 0.3 is 0 Å². The molecule has 0 aliphatic carbocycles. The first-order chi connectivity index (χ1) is 7.44. The van der Waals surface area contributed by atoms with Gasteiger partial charge in [0, 0.05) is 11.0 Å². The molecule has 0 heterocycles. The van der Waals surface area contributed by atoms with Crippen molar-refractivity contribution in [2.45, 2.75) is 19.3 Å². The van der Waals surface area contributed by atoms with Crippen molar-refractivity contribution in [3.8, 4) is 0 Å². The fourth-order valence-corrected chi connectivity index (χ4v) is 1.52. The van der Waals surface area contributed by atoms with Gasteiger partial charge in [-0.05, 0) is 19.4 Å². The minimum Gasteiger partial charge on any atom is -0.351 e. The Hall–Kier alpha value is -1.09. The standard InChI is InChI=1S/C13H16BrNO/c1-10(14)9-15-12(16)13(2,3)11-7-5-4-6-8-11/h4-8H,1,9H2,2-3H3,(H,15,16). The van der Waals surface area contributed by atoms with E-state index in [0.29, 0.717) is 6.54 Å². The van der Waals surface area contributed by atoms with Crippen molar-refractivity contribution in [1.29, 1.82) is 0 Å². The van der Waals surface area contributed by atoms with E-state index >= 15 is 0 Å². The molecule has 0 unspecified atom stereocenters. The molecule has 1 N–H and O–H groups in total. The summed E-state index contributed by atoms with van der Waals surface area (Å²) in [5.74, 6) is -0.000648. The molecular formula is C13H16BrNO. The zero-order chi connectivity index (χ0) is 12.2. The number of carbonyl (C=O) groups excluding carboxylic acids is 1. The first-order valence-electron chi connectivity index (χ1n) is 5.11. The highest BCUT2D eigenvalue weighted by Gasteiger charge is 2.29. The van der Waals surface area contributed by atoms with Gasteiger partial charge in [0.25, 0.3) is 0 Å². The summed E-state index contributed by atoms with van der Waals surface area (Å²) in [7, 11) is 0. The van der Waals surface area contributed by atoms with Gasteiger partial charge in [0.05, 0.1) is 5.41 Å². The van der Waals surface area contributed by atoms with Crippen LogP contribution in [-0.4, -0.2) is 12.5 Å². The summed E-state index contributed by atoms with van der Waals surface area (Å²) < 4.78 is 0.768. The predicted octanol–water partition coefficient (Wildman–Crippen LogP) is 2.99. The van der Waals surface area contributed by atoms with Gasteiger partial charge in [0.1, 0.15) is 0 Å². The molecule has 1 aromatic rings. The highest BCUT2D eigenvalue weighted by atomic mass is 79.9. The molecule has 3 heteroatoms. The number of amides is 1. The summed E-state index contributed by atoms with van der Waals surface area (Å²) >= 11 is 3.22. The Labute approximate surface area is 105 Å². The molecule has 1 rings (SSSR count). The monoisotopic (exact) mass is 281 g/mol. The predicted molar refractivity (Wildman–Crippen MR) is 70.5 cm³/mol. The molecule has 0 atom stereocenters. The lowest BCUT2D eigenvalue weighted by Crippen LogP contribution is -2.40. The van der Waals surface area contributed by atoms with Gasteiger partial charge in [0.2, 0.25) is 5.91 Å². The van der Waals surface area contributed by atoms with Gasteiger partial charge in [-0.15, -0.1) is 0 Å². The third-order valence-corrected chi connectivity index (χ3v) is 2.78. The summed E-state index contributed by atoms with van der Waals surface area (Å²) in [5.41, 5.74) is 0.483. The van der Waals surface area contributed by atoms with Gasteiger partial charge in [-0.1, -0.05) is 52.8 Å². The van der Waals surface area contributed by atoms with E-state index in [1.807, 2.05) is 44.2 Å². The van der Waals surface area contributed by atoms with Gasteiger partial charge in [0.15, 0.2) is 0 Å². The number of benzene rings is 1. The topological polar surface area (TPSA) is 29.1 Å². The molecule has 1 aromatic carbocycles. The van der Waals surface area contributed by atoms with Crippen LogP contribution in [0.25, 0.3) is 0 Å². The average Bonchev–Trinajstić information content (AvgIpc) is 2.27. The number of rotatable bonds is 4. The molecule has 0 bridgehead atoms. The van der Waals surface area contributed by atoms with Crippen LogP contribution in [-0.2, 0) is 10.2 Å². The van der Waals surface area contributed by atoms with Crippen molar-refractivity contribution in [2.75, 3.05) is 6.54 Å². The van der Waals surface area contributed by atoms with E-state index in [2.05, 4.69) is 27.8 Å². The van der Waals surface area contributed by atoms with E-state index in [0.717, 1.165) is 10.0 Å². The van der Waals surface area contributed by atoms with Gasteiger partial charge in [-0.25, -0.2) is 0 Å². The molecule has 0 saturated carbocycles. The number of carbonyl (C=O) groups is 1. The Morgan fingerprint density at radius 2 is 1.94 bits per heavy atom. The number of hydrogen-bond acceptors (Lipinski definition) is 1. The first kappa shape index (κ1) is 13.0. The zero-order valence-electron chi connectivity index (χ0n) is 9.59. The van der Waals surface area contributed by atoms with Crippen molar-refractivity contribution in [2.24, 2.45) is 0 Å². The van der Waals surface area contributed by atoms with Gasteiger partial charge < -0.3 is 5.32 Å². The zero-order valence-corrected chi connectivity index (χ0v) is 11.2. The van der Waals surface area contributed by atoms with Crippen LogP contribution >= 0.6 is 15.9 Å². The fourth-order valence-electron chi connectivity index (χ4n) is 1.38. The summed E-state index contributed by atoms with van der Waals surface area (Å²) in [5, 5.41) is 2.84. The second kappa shape index (κ2) is 5.30. The van der Waals surface area contributed by atoms with Crippen molar-refractivity contribution < 1.29 is 4.79 Å². The van der Waals surface area contributed by atoms with Crippen LogP contribution in [0.5, 0.6) is 0 Å². The van der Waals surface area contributed by atoms with Crippen LogP contribution in [0, 0.1) is 0 Å². The summed E-state index contributed by atoms with van der Waals surface area (Å²) in [6.45, 7) is 7.96. The maximum absolute atomic E-state index is 12.0. The Kier molecular flexibility index (Phi) is 4.30. The molecule has 0 spiro atoms. The van der Waals surface area contributed by atoms with Gasteiger partial charge in [-0.2, -0.15) is 0 Å². The van der Waals surface area contributed by atoms with Crippen molar-refractivity contribution in [3.63, 3.8) is 0 Å². The van der Waals surface area contributed by atoms with Crippen LogP contribution < -0.4 is 5.32 Å². The van der Waals surface area contributed by atoms with Crippen molar-refractivity contribution in [1.82, 2.24) is 5.32 Å². The quantitative estimate of drug-likeness (QED) is 0.903. The Morgan fingerprint density at radius 3 is 2.44 bits per heavy atom. The highest BCUT2D eigenvalue weighted by molar-refractivity contribution is 9.11. The largest absolute Gasteiger partial charge is 0.351 e. The van der Waals surface area contributed by atoms with Crippen molar-refractivity contribution >= 4 is 21.8 Å². The minimum absolute atomic E-state index is 0.000648. The third kappa shape index (κ3) is 3.20. The molecule has 16 heavy (non-hydrogen) atoms. The molecule has 0 radical (unpaired) electrons. The van der Waals surface area contributed by atoms with E-state index in [1.54, 1.807) is 0 Å². The van der Waals surface area contributed by atoms with E-state index in [1.165, 1.54) is 0 Å². The van der Waals surface area contributed by atoms with Crippen LogP contribution in [0.1, 0.15) is 19.4 Å². The third-order valence-electron chi connectivity index (χ3n) is 2.50. The van der Waals surface area contributed by atoms with Gasteiger partial charge in [-0.3, -0.25) is 4.79 Å². The van der Waals surface area contributed by atoms with E-state index in [9.17, 15) is 4.79 Å². The maximum Gasteiger partial charge on any atom is 0.230 e. The summed E-state index contributed by atoms with van der Waals surface area (Å²) in [4.78, 5) is 12.0. The normalized spacial score (nSPS) is 10.9. The lowest BCUT2D eigenvalue weighted by molar-refractivity contribution is -0.125. The fraction of sp³-hybridized carbons (Fsp3) is 0.308. The first-order valence-corrected chi connectivity index (χ1v) is 5.91. The van der Waals surface area contributed by atoms with E-state index < -0.39 is 5.41 Å². The molecule has 0 fully saturated rings. The molecular weight excluding hydrogens is 266 g/mol. The molecule has 86 valence electrons. The highest BCUT2D eigenvalue weighted by Crippen LogP contribution is 2.22. The number of nitrogens with one attached hydrogen (secondary N) is 1.